The summed E-state index contributed by atoms with van der Waals surface area (Å²) in [7, 11) is -3.76. The highest BCUT2D eigenvalue weighted by atomic mass is 32.2. The van der Waals surface area contributed by atoms with E-state index in [4.69, 9.17) is 10.4 Å². The third-order valence-corrected chi connectivity index (χ3v) is 5.82. The van der Waals surface area contributed by atoms with Gasteiger partial charge in [-0.2, -0.15) is 18.0 Å². The van der Waals surface area contributed by atoms with Crippen LogP contribution in [0.15, 0.2) is 24.3 Å². The molecule has 0 bridgehead atoms. The Labute approximate surface area is 141 Å². The Kier molecular flexibility index (Phi) is 4.34. The molecule has 1 amide bonds. The number of nitrogens with one attached hydrogen (secondary N) is 1. The van der Waals surface area contributed by atoms with Gasteiger partial charge in [0.15, 0.2) is 0 Å². The van der Waals surface area contributed by atoms with E-state index in [0.29, 0.717) is 24.9 Å². The van der Waals surface area contributed by atoms with E-state index < -0.39 is 21.7 Å². The van der Waals surface area contributed by atoms with Gasteiger partial charge in [-0.05, 0) is 43.4 Å². The zero-order valence-corrected chi connectivity index (χ0v) is 14.1. The van der Waals surface area contributed by atoms with Crippen molar-refractivity contribution in [3.05, 3.63) is 35.4 Å². The number of benzene rings is 1. The van der Waals surface area contributed by atoms with Gasteiger partial charge in [0.05, 0.1) is 23.1 Å². The fourth-order valence-corrected chi connectivity index (χ4v) is 3.99. The smallest absolute Gasteiger partial charge is 0.276 e. The summed E-state index contributed by atoms with van der Waals surface area (Å²) in [5, 5.41) is 17.3. The molecular formula is C16H20N4O3S. The number of rotatable bonds is 4. The summed E-state index contributed by atoms with van der Waals surface area (Å²) in [5.41, 5.74) is 1.06. The van der Waals surface area contributed by atoms with Crippen LogP contribution in [0.3, 0.4) is 0 Å². The Morgan fingerprint density at radius 1 is 1.42 bits per heavy atom. The van der Waals surface area contributed by atoms with Gasteiger partial charge >= 0.3 is 0 Å². The molecule has 2 aliphatic rings. The van der Waals surface area contributed by atoms with Crippen molar-refractivity contribution in [3.8, 4) is 6.07 Å². The van der Waals surface area contributed by atoms with Gasteiger partial charge in [0.1, 0.15) is 0 Å². The summed E-state index contributed by atoms with van der Waals surface area (Å²) in [6.07, 6.45) is 2.90. The summed E-state index contributed by atoms with van der Waals surface area (Å²) < 4.78 is 24.1. The van der Waals surface area contributed by atoms with Gasteiger partial charge in [0.2, 0.25) is 5.91 Å². The highest BCUT2D eigenvalue weighted by molar-refractivity contribution is 7.86. The lowest BCUT2D eigenvalue weighted by Crippen LogP contribution is -2.49. The molecular weight excluding hydrogens is 328 g/mol. The van der Waals surface area contributed by atoms with Crippen LogP contribution in [0, 0.1) is 17.2 Å². The number of piperidine rings is 1. The lowest BCUT2D eigenvalue weighted by molar-refractivity contribution is -0.127. The molecule has 1 aromatic rings. The minimum atomic E-state index is -3.76. The number of amides is 1. The van der Waals surface area contributed by atoms with Crippen molar-refractivity contribution < 1.29 is 13.2 Å². The van der Waals surface area contributed by atoms with Gasteiger partial charge in [0, 0.05) is 13.1 Å². The molecule has 128 valence electrons. The van der Waals surface area contributed by atoms with E-state index in [1.54, 1.807) is 12.1 Å². The fourth-order valence-electron chi connectivity index (χ4n) is 3.22. The molecule has 1 aromatic carbocycles. The summed E-state index contributed by atoms with van der Waals surface area (Å²) in [4.78, 5) is 12.6. The van der Waals surface area contributed by atoms with Gasteiger partial charge in [0.25, 0.3) is 10.2 Å². The van der Waals surface area contributed by atoms with Crippen molar-refractivity contribution in [3.63, 3.8) is 0 Å². The topological polar surface area (TPSA) is 116 Å². The van der Waals surface area contributed by atoms with E-state index in [0.717, 1.165) is 22.7 Å². The molecule has 3 N–H and O–H groups in total. The summed E-state index contributed by atoms with van der Waals surface area (Å²) in [5.74, 6) is -0.545. The lowest BCUT2D eigenvalue weighted by Gasteiger charge is -2.31. The van der Waals surface area contributed by atoms with Crippen molar-refractivity contribution in [2.24, 2.45) is 11.1 Å². The molecule has 1 saturated heterocycles. The predicted octanol–water partition coefficient (Wildman–Crippen LogP) is 0.579. The Morgan fingerprint density at radius 3 is 2.79 bits per heavy atom. The maximum atomic E-state index is 12.6. The van der Waals surface area contributed by atoms with Crippen molar-refractivity contribution in [1.82, 2.24) is 9.62 Å². The summed E-state index contributed by atoms with van der Waals surface area (Å²) in [6, 6.07) is 9.35. The first kappa shape index (κ1) is 16.9. The Hall–Kier alpha value is -1.95. The van der Waals surface area contributed by atoms with E-state index in [9.17, 15) is 13.2 Å². The highest BCUT2D eigenvalue weighted by Crippen LogP contribution is 2.46. The first-order chi connectivity index (χ1) is 11.3. The second-order valence-corrected chi connectivity index (χ2v) is 8.05. The van der Waals surface area contributed by atoms with Crippen LogP contribution in [-0.4, -0.2) is 31.7 Å². The maximum absolute atomic E-state index is 12.6. The molecule has 7 nitrogen and oxygen atoms in total. The van der Waals surface area contributed by atoms with Crippen LogP contribution in [0.2, 0.25) is 0 Å². The zero-order chi connectivity index (χ0) is 17.4. The molecule has 2 fully saturated rings. The molecule has 24 heavy (non-hydrogen) atoms. The molecule has 0 spiro atoms. The normalized spacial score (nSPS) is 23.2. The average Bonchev–Trinajstić information content (AvgIpc) is 3.35. The van der Waals surface area contributed by atoms with Crippen LogP contribution >= 0.6 is 0 Å². The van der Waals surface area contributed by atoms with Crippen LogP contribution in [-0.2, 0) is 20.5 Å². The number of nitrogens with zero attached hydrogens (tertiary/aromatic N) is 2. The second-order valence-electron chi connectivity index (χ2n) is 6.51. The number of hydrogen-bond donors (Lipinski definition) is 2. The standard InChI is InChI=1S/C16H20N4O3S/c17-10-12-3-1-5-14(9-12)16(6-7-16)19-15(21)13-4-2-8-20(11-13)24(18,22)23/h1,3,5,9,13H,2,4,6-8,11H2,(H,19,21)(H2,18,22,23)/t13-/m1/s1. The van der Waals surface area contributed by atoms with Crippen molar-refractivity contribution >= 4 is 16.1 Å². The largest absolute Gasteiger partial charge is 0.346 e. The van der Waals surface area contributed by atoms with Gasteiger partial charge in [-0.25, -0.2) is 5.14 Å². The predicted molar refractivity (Wildman–Crippen MR) is 87.6 cm³/mol. The van der Waals surface area contributed by atoms with Crippen LogP contribution in [0.5, 0.6) is 0 Å². The monoisotopic (exact) mass is 348 g/mol. The van der Waals surface area contributed by atoms with E-state index in [2.05, 4.69) is 11.4 Å². The van der Waals surface area contributed by atoms with Crippen LogP contribution in [0.1, 0.15) is 36.8 Å². The molecule has 1 aliphatic heterocycles. The lowest BCUT2D eigenvalue weighted by atomic mass is 9.96. The first-order valence-electron chi connectivity index (χ1n) is 7.95. The molecule has 0 radical (unpaired) electrons. The molecule has 8 heteroatoms. The van der Waals surface area contributed by atoms with Crippen LogP contribution in [0.4, 0.5) is 0 Å². The Balaban J connectivity index is 1.71. The van der Waals surface area contributed by atoms with Gasteiger partial charge in [-0.1, -0.05) is 12.1 Å². The minimum absolute atomic E-state index is 0.124. The second kappa shape index (κ2) is 6.16. The van der Waals surface area contributed by atoms with Crippen molar-refractivity contribution in [2.45, 2.75) is 31.2 Å². The van der Waals surface area contributed by atoms with E-state index in [-0.39, 0.29) is 12.5 Å². The quantitative estimate of drug-likeness (QED) is 0.827. The molecule has 1 saturated carbocycles. The molecule has 1 aliphatic carbocycles. The van der Waals surface area contributed by atoms with E-state index >= 15 is 0 Å². The fraction of sp³-hybridized carbons (Fsp3) is 0.500. The zero-order valence-electron chi connectivity index (χ0n) is 13.2. The third-order valence-electron chi connectivity index (χ3n) is 4.77. The molecule has 3 rings (SSSR count). The van der Waals surface area contributed by atoms with Gasteiger partial charge < -0.3 is 5.32 Å². The van der Waals surface area contributed by atoms with Gasteiger partial charge in [-0.15, -0.1) is 0 Å². The van der Waals surface area contributed by atoms with Crippen molar-refractivity contribution in [1.29, 1.82) is 5.26 Å². The summed E-state index contributed by atoms with van der Waals surface area (Å²) in [6.45, 7) is 0.483. The van der Waals surface area contributed by atoms with Crippen LogP contribution in [0.25, 0.3) is 0 Å². The van der Waals surface area contributed by atoms with Crippen LogP contribution < -0.4 is 10.5 Å². The van der Waals surface area contributed by atoms with Crippen molar-refractivity contribution in [2.75, 3.05) is 13.1 Å². The SMILES string of the molecule is N#Cc1cccc(C2(NC(=O)[C@@H]3CCCN(S(N)(=O)=O)C3)CC2)c1. The van der Waals surface area contributed by atoms with E-state index in [1.165, 1.54) is 0 Å². The molecule has 1 heterocycles. The number of nitrogens with two attached hydrogens (primary N) is 1. The molecule has 0 unspecified atom stereocenters. The summed E-state index contributed by atoms with van der Waals surface area (Å²) >= 11 is 0. The Bertz CT molecular complexity index is 796. The first-order valence-corrected chi connectivity index (χ1v) is 9.45. The van der Waals surface area contributed by atoms with Gasteiger partial charge in [-0.3, -0.25) is 4.79 Å². The molecule has 1 atom stereocenters. The maximum Gasteiger partial charge on any atom is 0.276 e. The average molecular weight is 348 g/mol. The number of carbonyl (C=O) groups is 1. The third kappa shape index (κ3) is 3.43. The number of hydrogen-bond acceptors (Lipinski definition) is 4. The number of carbonyl (C=O) groups excluding carboxylic acids is 1. The highest BCUT2D eigenvalue weighted by Gasteiger charge is 2.47. The molecule has 0 aromatic heterocycles. The number of nitriles is 1. The minimum Gasteiger partial charge on any atom is -0.346 e. The van der Waals surface area contributed by atoms with E-state index in [1.807, 2.05) is 12.1 Å². The Morgan fingerprint density at radius 2 is 2.17 bits per heavy atom.